The highest BCUT2D eigenvalue weighted by atomic mass is 15.3. The zero-order chi connectivity index (χ0) is 19.3. The van der Waals surface area contributed by atoms with E-state index in [1.54, 1.807) is 0 Å². The van der Waals surface area contributed by atoms with Crippen LogP contribution >= 0.6 is 0 Å². The molecule has 28 heavy (non-hydrogen) atoms. The van der Waals surface area contributed by atoms with Crippen molar-refractivity contribution in [2.75, 3.05) is 43.4 Å². The summed E-state index contributed by atoms with van der Waals surface area (Å²) in [6, 6.07) is 15.0. The molecule has 0 spiro atoms. The number of hydrogen-bond acceptors (Lipinski definition) is 5. The summed E-state index contributed by atoms with van der Waals surface area (Å²) in [5.74, 6) is 1.71. The van der Waals surface area contributed by atoms with Crippen LogP contribution in [0.25, 0.3) is 0 Å². The van der Waals surface area contributed by atoms with Gasteiger partial charge in [0.05, 0.1) is 17.8 Å². The van der Waals surface area contributed by atoms with Crippen molar-refractivity contribution in [2.24, 2.45) is 0 Å². The lowest BCUT2D eigenvalue weighted by atomic mass is 9.97. The summed E-state index contributed by atoms with van der Waals surface area (Å²) < 4.78 is 0. The van der Waals surface area contributed by atoms with E-state index >= 15 is 0 Å². The molecule has 0 unspecified atom stereocenters. The Kier molecular flexibility index (Phi) is 5.78. The molecule has 5 heteroatoms. The molecule has 4 rings (SSSR count). The third-order valence-corrected chi connectivity index (χ3v) is 6.10. The van der Waals surface area contributed by atoms with Gasteiger partial charge in [0.2, 0.25) is 0 Å². The van der Waals surface area contributed by atoms with Crippen LogP contribution < -0.4 is 10.2 Å². The van der Waals surface area contributed by atoms with Gasteiger partial charge in [-0.1, -0.05) is 25.0 Å². The second-order valence-electron chi connectivity index (χ2n) is 8.02. The average molecular weight is 376 g/mol. The minimum Gasteiger partial charge on any atom is -0.379 e. The van der Waals surface area contributed by atoms with Crippen molar-refractivity contribution in [3.8, 4) is 6.07 Å². The molecule has 0 amide bonds. The number of nitriles is 1. The Morgan fingerprint density at radius 1 is 1.04 bits per heavy atom. The van der Waals surface area contributed by atoms with Crippen molar-refractivity contribution >= 4 is 11.5 Å². The number of piperazine rings is 1. The SMILES string of the molecule is CN1CCN(c2ccc(C#N)c(CNc3ccc(C4CCCC4)cc3)n2)CC1. The van der Waals surface area contributed by atoms with Crippen molar-refractivity contribution in [1.82, 2.24) is 9.88 Å². The first-order valence-corrected chi connectivity index (χ1v) is 10.4. The van der Waals surface area contributed by atoms with Crippen LogP contribution in [0.2, 0.25) is 0 Å². The summed E-state index contributed by atoms with van der Waals surface area (Å²) in [6.07, 6.45) is 5.36. The first-order valence-electron chi connectivity index (χ1n) is 10.4. The normalized spacial score (nSPS) is 18.2. The third kappa shape index (κ3) is 4.28. The van der Waals surface area contributed by atoms with Gasteiger partial charge in [0.1, 0.15) is 11.9 Å². The standard InChI is InChI=1S/C23H29N5/c1-27-12-14-28(15-13-27)23-11-8-20(16-24)22(26-23)17-25-21-9-6-19(7-10-21)18-4-2-3-5-18/h6-11,18,25H,2-5,12-15,17H2,1H3. The Morgan fingerprint density at radius 2 is 1.75 bits per heavy atom. The first-order chi connectivity index (χ1) is 13.7. The number of nitrogens with zero attached hydrogens (tertiary/aromatic N) is 4. The van der Waals surface area contributed by atoms with E-state index in [0.29, 0.717) is 12.1 Å². The average Bonchev–Trinajstić information content (AvgIpc) is 3.28. The zero-order valence-electron chi connectivity index (χ0n) is 16.7. The summed E-state index contributed by atoms with van der Waals surface area (Å²) in [5.41, 5.74) is 4.00. The van der Waals surface area contributed by atoms with Gasteiger partial charge in [-0.15, -0.1) is 0 Å². The number of hydrogen-bond donors (Lipinski definition) is 1. The maximum atomic E-state index is 9.47. The fourth-order valence-electron chi connectivity index (χ4n) is 4.26. The topological polar surface area (TPSA) is 55.2 Å². The molecule has 1 aliphatic heterocycles. The lowest BCUT2D eigenvalue weighted by Crippen LogP contribution is -2.44. The van der Waals surface area contributed by atoms with Crippen LogP contribution in [0, 0.1) is 11.3 Å². The molecule has 146 valence electrons. The molecular weight excluding hydrogens is 346 g/mol. The summed E-state index contributed by atoms with van der Waals surface area (Å²) in [7, 11) is 2.15. The molecule has 1 saturated carbocycles. The van der Waals surface area contributed by atoms with Crippen LogP contribution in [0.15, 0.2) is 36.4 Å². The Bertz CT molecular complexity index is 825. The predicted molar refractivity (Wildman–Crippen MR) is 114 cm³/mol. The van der Waals surface area contributed by atoms with E-state index in [9.17, 15) is 5.26 Å². The molecule has 2 aromatic rings. The van der Waals surface area contributed by atoms with Gasteiger partial charge in [0, 0.05) is 31.9 Å². The summed E-state index contributed by atoms with van der Waals surface area (Å²) >= 11 is 0. The Labute approximate surface area is 168 Å². The van der Waals surface area contributed by atoms with Crippen molar-refractivity contribution in [1.29, 1.82) is 5.26 Å². The molecule has 2 fully saturated rings. The zero-order valence-corrected chi connectivity index (χ0v) is 16.7. The molecule has 0 atom stereocenters. The van der Waals surface area contributed by atoms with Gasteiger partial charge in [0.15, 0.2) is 0 Å². The van der Waals surface area contributed by atoms with Gasteiger partial charge in [-0.05, 0) is 55.6 Å². The number of anilines is 2. The van der Waals surface area contributed by atoms with Gasteiger partial charge in [-0.2, -0.15) is 5.26 Å². The minimum atomic E-state index is 0.563. The summed E-state index contributed by atoms with van der Waals surface area (Å²) in [6.45, 7) is 4.61. The van der Waals surface area contributed by atoms with Crippen LogP contribution in [0.4, 0.5) is 11.5 Å². The van der Waals surface area contributed by atoms with E-state index in [0.717, 1.165) is 49.3 Å². The number of likely N-dealkylation sites (N-methyl/N-ethyl adjacent to an activating group) is 1. The smallest absolute Gasteiger partial charge is 0.129 e. The molecule has 1 N–H and O–H groups in total. The number of benzene rings is 1. The van der Waals surface area contributed by atoms with Crippen molar-refractivity contribution in [3.05, 3.63) is 53.2 Å². The van der Waals surface area contributed by atoms with Crippen LogP contribution in [0.3, 0.4) is 0 Å². The van der Waals surface area contributed by atoms with Crippen molar-refractivity contribution < 1.29 is 0 Å². The molecule has 1 aromatic carbocycles. The molecule has 1 aliphatic carbocycles. The highest BCUT2D eigenvalue weighted by Crippen LogP contribution is 2.34. The molecule has 0 radical (unpaired) electrons. The van der Waals surface area contributed by atoms with E-state index in [2.05, 4.69) is 52.5 Å². The summed E-state index contributed by atoms with van der Waals surface area (Å²) in [4.78, 5) is 9.45. The predicted octanol–water partition coefficient (Wildman–Crippen LogP) is 3.97. The van der Waals surface area contributed by atoms with Crippen LogP contribution in [-0.2, 0) is 6.54 Å². The number of rotatable bonds is 5. The van der Waals surface area contributed by atoms with Crippen molar-refractivity contribution in [2.45, 2.75) is 38.1 Å². The second-order valence-corrected chi connectivity index (χ2v) is 8.02. The first kappa shape index (κ1) is 18.8. The van der Waals surface area contributed by atoms with E-state index < -0.39 is 0 Å². The Balaban J connectivity index is 1.43. The lowest BCUT2D eigenvalue weighted by Gasteiger charge is -2.33. The van der Waals surface area contributed by atoms with Gasteiger partial charge >= 0.3 is 0 Å². The fourth-order valence-corrected chi connectivity index (χ4v) is 4.26. The van der Waals surface area contributed by atoms with Gasteiger partial charge < -0.3 is 15.1 Å². The largest absolute Gasteiger partial charge is 0.379 e. The quantitative estimate of drug-likeness (QED) is 0.857. The van der Waals surface area contributed by atoms with Crippen LogP contribution in [-0.4, -0.2) is 43.1 Å². The lowest BCUT2D eigenvalue weighted by molar-refractivity contribution is 0.312. The monoisotopic (exact) mass is 375 g/mol. The Morgan fingerprint density at radius 3 is 2.43 bits per heavy atom. The van der Waals surface area contributed by atoms with E-state index in [-0.39, 0.29) is 0 Å². The molecule has 1 saturated heterocycles. The molecule has 2 aliphatic rings. The van der Waals surface area contributed by atoms with E-state index in [1.165, 1.54) is 31.2 Å². The number of nitrogens with one attached hydrogen (secondary N) is 1. The highest BCUT2D eigenvalue weighted by Gasteiger charge is 2.18. The third-order valence-electron chi connectivity index (χ3n) is 6.10. The molecule has 0 bridgehead atoms. The number of pyridine rings is 1. The molecule has 2 heterocycles. The van der Waals surface area contributed by atoms with Crippen molar-refractivity contribution in [3.63, 3.8) is 0 Å². The summed E-state index contributed by atoms with van der Waals surface area (Å²) in [5, 5.41) is 12.9. The van der Waals surface area contributed by atoms with E-state index in [4.69, 9.17) is 4.98 Å². The molecule has 1 aromatic heterocycles. The minimum absolute atomic E-state index is 0.563. The maximum absolute atomic E-state index is 9.47. The maximum Gasteiger partial charge on any atom is 0.129 e. The van der Waals surface area contributed by atoms with Crippen LogP contribution in [0.1, 0.15) is 48.4 Å². The molecule has 5 nitrogen and oxygen atoms in total. The second kappa shape index (κ2) is 8.62. The molecular formula is C23H29N5. The number of aromatic nitrogens is 1. The fraction of sp³-hybridized carbons (Fsp3) is 0.478. The Hall–Kier alpha value is -2.58. The van der Waals surface area contributed by atoms with Gasteiger partial charge in [-0.25, -0.2) is 4.98 Å². The van der Waals surface area contributed by atoms with Gasteiger partial charge in [0.25, 0.3) is 0 Å². The van der Waals surface area contributed by atoms with E-state index in [1.807, 2.05) is 12.1 Å². The van der Waals surface area contributed by atoms with Crippen LogP contribution in [0.5, 0.6) is 0 Å². The highest BCUT2D eigenvalue weighted by molar-refractivity contribution is 5.49. The van der Waals surface area contributed by atoms with Gasteiger partial charge in [-0.3, -0.25) is 0 Å².